The molecule has 0 aliphatic heterocycles. The van der Waals surface area contributed by atoms with Crippen LogP contribution in [0.4, 0.5) is 0 Å². The molecule has 0 bridgehead atoms. The molecule has 5 heteroatoms. The van der Waals surface area contributed by atoms with Gasteiger partial charge in [0, 0.05) is 19.4 Å². The fourth-order valence-corrected chi connectivity index (χ4v) is 1.33. The lowest BCUT2D eigenvalue weighted by molar-refractivity contribution is 0.181. The van der Waals surface area contributed by atoms with Crippen molar-refractivity contribution in [3.63, 3.8) is 0 Å². The van der Waals surface area contributed by atoms with E-state index < -0.39 is 0 Å². The Balaban J connectivity index is 2.44. The summed E-state index contributed by atoms with van der Waals surface area (Å²) in [5.41, 5.74) is 1.22. The maximum atomic E-state index is 11.3. The average Bonchev–Trinajstić information content (AvgIpc) is 2.70. The van der Waals surface area contributed by atoms with Gasteiger partial charge in [0.15, 0.2) is 5.82 Å². The molecule has 0 aliphatic carbocycles. The van der Waals surface area contributed by atoms with Crippen molar-refractivity contribution >= 4 is 0 Å². The monoisotopic (exact) mass is 205 g/mol. The first-order valence-corrected chi connectivity index (χ1v) is 4.52. The fourth-order valence-electron chi connectivity index (χ4n) is 1.33. The second kappa shape index (κ2) is 4.10. The summed E-state index contributed by atoms with van der Waals surface area (Å²) in [6.07, 6.45) is 1.78. The van der Waals surface area contributed by atoms with E-state index >= 15 is 0 Å². The van der Waals surface area contributed by atoms with Crippen LogP contribution >= 0.6 is 0 Å². The lowest BCUT2D eigenvalue weighted by Gasteiger charge is -2.01. The predicted molar refractivity (Wildman–Crippen MR) is 55.4 cm³/mol. The van der Waals surface area contributed by atoms with Gasteiger partial charge < -0.3 is 14.7 Å². The van der Waals surface area contributed by atoms with Crippen LogP contribution in [0.25, 0.3) is 11.5 Å². The van der Waals surface area contributed by atoms with Gasteiger partial charge in [-0.2, -0.15) is 0 Å². The molecule has 0 saturated heterocycles. The van der Waals surface area contributed by atoms with E-state index in [0.717, 1.165) is 5.69 Å². The molecule has 0 atom stereocenters. The van der Waals surface area contributed by atoms with Crippen LogP contribution in [0.3, 0.4) is 0 Å². The number of H-pyrrole nitrogens is 2. The van der Waals surface area contributed by atoms with E-state index in [4.69, 9.17) is 4.74 Å². The molecule has 0 radical (unpaired) electrons. The van der Waals surface area contributed by atoms with Gasteiger partial charge in [0.2, 0.25) is 0 Å². The standard InChI is InChI=1S/C10H11N3O2/c1-15-6-7-5-9(14)13-10(12-7)8-3-2-4-11-8/h2-5,11H,6H2,1H3,(H,12,13,14). The Morgan fingerprint density at radius 2 is 2.40 bits per heavy atom. The molecule has 0 unspecified atom stereocenters. The maximum Gasteiger partial charge on any atom is 0.251 e. The summed E-state index contributed by atoms with van der Waals surface area (Å²) in [7, 11) is 1.57. The summed E-state index contributed by atoms with van der Waals surface area (Å²) in [4.78, 5) is 21.2. The van der Waals surface area contributed by atoms with Crippen molar-refractivity contribution in [1.82, 2.24) is 15.0 Å². The largest absolute Gasteiger partial charge is 0.378 e. The lowest BCUT2D eigenvalue weighted by Crippen LogP contribution is -2.10. The van der Waals surface area contributed by atoms with Gasteiger partial charge in [0.05, 0.1) is 18.0 Å². The molecule has 2 aromatic heterocycles. The van der Waals surface area contributed by atoms with Gasteiger partial charge in [0.25, 0.3) is 5.56 Å². The predicted octanol–water partition coefficient (Wildman–Crippen LogP) is 0.911. The van der Waals surface area contributed by atoms with Gasteiger partial charge in [-0.1, -0.05) is 0 Å². The zero-order valence-corrected chi connectivity index (χ0v) is 8.28. The van der Waals surface area contributed by atoms with E-state index in [-0.39, 0.29) is 5.56 Å². The minimum absolute atomic E-state index is 0.179. The first kappa shape index (κ1) is 9.67. The van der Waals surface area contributed by atoms with Crippen molar-refractivity contribution in [3.8, 4) is 11.5 Å². The van der Waals surface area contributed by atoms with Gasteiger partial charge in [-0.25, -0.2) is 4.98 Å². The van der Waals surface area contributed by atoms with E-state index in [0.29, 0.717) is 18.1 Å². The van der Waals surface area contributed by atoms with Crippen molar-refractivity contribution in [2.45, 2.75) is 6.61 Å². The minimum Gasteiger partial charge on any atom is -0.378 e. The van der Waals surface area contributed by atoms with E-state index in [2.05, 4.69) is 15.0 Å². The van der Waals surface area contributed by atoms with Gasteiger partial charge in [-0.3, -0.25) is 4.79 Å². The van der Waals surface area contributed by atoms with Crippen molar-refractivity contribution in [3.05, 3.63) is 40.4 Å². The number of aromatic nitrogens is 3. The van der Waals surface area contributed by atoms with Crippen LogP contribution < -0.4 is 5.56 Å². The van der Waals surface area contributed by atoms with Crippen LogP contribution in [0, 0.1) is 0 Å². The topological polar surface area (TPSA) is 70.8 Å². The van der Waals surface area contributed by atoms with Crippen LogP contribution in [0.15, 0.2) is 29.2 Å². The first-order valence-electron chi connectivity index (χ1n) is 4.52. The van der Waals surface area contributed by atoms with Crippen molar-refractivity contribution in [2.75, 3.05) is 7.11 Å². The molecule has 0 fully saturated rings. The van der Waals surface area contributed by atoms with Crippen LogP contribution in [0.5, 0.6) is 0 Å². The molecule has 0 amide bonds. The van der Waals surface area contributed by atoms with Gasteiger partial charge in [-0.05, 0) is 12.1 Å². The number of hydrogen-bond donors (Lipinski definition) is 2. The quantitative estimate of drug-likeness (QED) is 0.782. The maximum absolute atomic E-state index is 11.3. The highest BCUT2D eigenvalue weighted by molar-refractivity contribution is 5.48. The number of aromatic amines is 2. The molecule has 0 aromatic carbocycles. The highest BCUT2D eigenvalue weighted by Gasteiger charge is 2.03. The molecule has 0 aliphatic rings. The minimum atomic E-state index is -0.179. The van der Waals surface area contributed by atoms with Gasteiger partial charge >= 0.3 is 0 Å². The Morgan fingerprint density at radius 3 is 3.07 bits per heavy atom. The summed E-state index contributed by atoms with van der Waals surface area (Å²) < 4.78 is 4.93. The summed E-state index contributed by atoms with van der Waals surface area (Å²) in [5.74, 6) is 0.527. The van der Waals surface area contributed by atoms with Gasteiger partial charge in [-0.15, -0.1) is 0 Å². The Kier molecular flexibility index (Phi) is 2.64. The number of rotatable bonds is 3. The zero-order chi connectivity index (χ0) is 10.7. The molecular formula is C10H11N3O2. The molecular weight excluding hydrogens is 194 g/mol. The molecule has 2 heterocycles. The number of nitrogens with zero attached hydrogens (tertiary/aromatic N) is 1. The number of methoxy groups -OCH3 is 1. The third kappa shape index (κ3) is 2.13. The van der Waals surface area contributed by atoms with E-state index in [1.807, 2.05) is 12.1 Å². The smallest absolute Gasteiger partial charge is 0.251 e. The Morgan fingerprint density at radius 1 is 1.53 bits per heavy atom. The molecule has 15 heavy (non-hydrogen) atoms. The molecule has 2 N–H and O–H groups in total. The van der Waals surface area contributed by atoms with Crippen molar-refractivity contribution in [2.24, 2.45) is 0 Å². The van der Waals surface area contributed by atoms with E-state index in [1.54, 1.807) is 13.3 Å². The van der Waals surface area contributed by atoms with E-state index in [1.165, 1.54) is 6.07 Å². The average molecular weight is 205 g/mol. The Hall–Kier alpha value is -1.88. The molecule has 0 saturated carbocycles. The van der Waals surface area contributed by atoms with Crippen LogP contribution in [0.2, 0.25) is 0 Å². The highest BCUT2D eigenvalue weighted by atomic mass is 16.5. The second-order valence-corrected chi connectivity index (χ2v) is 3.10. The van der Waals surface area contributed by atoms with Crippen molar-refractivity contribution in [1.29, 1.82) is 0 Å². The van der Waals surface area contributed by atoms with Crippen LogP contribution in [0.1, 0.15) is 5.69 Å². The number of ether oxygens (including phenoxy) is 1. The SMILES string of the molecule is COCc1cc(=O)[nH]c(-c2ccc[nH]2)n1. The summed E-state index contributed by atoms with van der Waals surface area (Å²) in [6.45, 7) is 0.331. The Bertz CT molecular complexity index is 488. The molecule has 2 aromatic rings. The Labute approximate surface area is 86.1 Å². The molecule has 5 nitrogen and oxygen atoms in total. The molecule has 2 rings (SSSR count). The first-order chi connectivity index (χ1) is 7.29. The number of hydrogen-bond acceptors (Lipinski definition) is 3. The van der Waals surface area contributed by atoms with Crippen molar-refractivity contribution < 1.29 is 4.74 Å². The third-order valence-electron chi connectivity index (χ3n) is 1.94. The highest BCUT2D eigenvalue weighted by Crippen LogP contribution is 2.09. The molecule has 0 spiro atoms. The summed E-state index contributed by atoms with van der Waals surface area (Å²) in [6, 6.07) is 5.11. The second-order valence-electron chi connectivity index (χ2n) is 3.10. The summed E-state index contributed by atoms with van der Waals surface area (Å²) >= 11 is 0. The van der Waals surface area contributed by atoms with Crippen LogP contribution in [-0.2, 0) is 11.3 Å². The third-order valence-corrected chi connectivity index (χ3v) is 1.94. The van der Waals surface area contributed by atoms with Crippen LogP contribution in [-0.4, -0.2) is 22.1 Å². The van der Waals surface area contributed by atoms with Gasteiger partial charge in [0.1, 0.15) is 0 Å². The normalized spacial score (nSPS) is 10.5. The van der Waals surface area contributed by atoms with E-state index in [9.17, 15) is 4.79 Å². The number of nitrogens with one attached hydrogen (secondary N) is 2. The molecule has 78 valence electrons. The fraction of sp³-hybridized carbons (Fsp3) is 0.200. The summed E-state index contributed by atoms with van der Waals surface area (Å²) in [5, 5.41) is 0. The lowest BCUT2D eigenvalue weighted by atomic mass is 10.3. The zero-order valence-electron chi connectivity index (χ0n) is 8.28.